The van der Waals surface area contributed by atoms with Gasteiger partial charge in [0.1, 0.15) is 0 Å². The predicted octanol–water partition coefficient (Wildman–Crippen LogP) is 4.74. The molecule has 0 saturated carbocycles. The van der Waals surface area contributed by atoms with Gasteiger partial charge < -0.3 is 9.88 Å². The first-order chi connectivity index (χ1) is 18.1. The molecule has 1 amide bonds. The Balaban J connectivity index is 1.24. The molecular formula is C30H28ClN5O. The van der Waals surface area contributed by atoms with Crippen LogP contribution in [0.25, 0.3) is 0 Å². The van der Waals surface area contributed by atoms with Crippen LogP contribution in [0.3, 0.4) is 0 Å². The highest BCUT2D eigenvalue weighted by Gasteiger charge is 2.31. The van der Waals surface area contributed by atoms with Crippen LogP contribution in [-0.4, -0.2) is 32.9 Å². The molecule has 1 aromatic heterocycles. The molecule has 0 bridgehead atoms. The van der Waals surface area contributed by atoms with Gasteiger partial charge >= 0.3 is 0 Å². The van der Waals surface area contributed by atoms with Crippen molar-refractivity contribution < 1.29 is 4.79 Å². The summed E-state index contributed by atoms with van der Waals surface area (Å²) in [5.74, 6) is 0.0275. The Kier molecular flexibility index (Phi) is 7.65. The Morgan fingerprint density at radius 3 is 2.57 bits per heavy atom. The molecule has 0 aliphatic carbocycles. The standard InChI is InChI=1S/C30H28ClN5O/c31-28-8-4-3-7-26(28)20-35-19-25-6-2-1-5-24(25)15-29(35)30(37)34-14-13-27-17-33-21-36(27)18-23-11-9-22(16-32)10-12-23/h1-12,17,21,29H,13-15,18-20H2,(H,34,37)/t29-/m0/s1. The van der Waals surface area contributed by atoms with Gasteiger partial charge in [0, 0.05) is 49.5 Å². The smallest absolute Gasteiger partial charge is 0.237 e. The summed E-state index contributed by atoms with van der Waals surface area (Å²) in [6.07, 6.45) is 4.99. The summed E-state index contributed by atoms with van der Waals surface area (Å²) in [6, 6.07) is 25.6. The van der Waals surface area contributed by atoms with Crippen LogP contribution in [0.15, 0.2) is 85.3 Å². The summed E-state index contributed by atoms with van der Waals surface area (Å²) in [4.78, 5) is 19.9. The molecule has 7 heteroatoms. The summed E-state index contributed by atoms with van der Waals surface area (Å²) in [7, 11) is 0. The van der Waals surface area contributed by atoms with Gasteiger partial charge in [-0.2, -0.15) is 5.26 Å². The van der Waals surface area contributed by atoms with E-state index in [1.807, 2.05) is 66.9 Å². The number of rotatable bonds is 8. The molecule has 0 radical (unpaired) electrons. The molecule has 3 aromatic carbocycles. The summed E-state index contributed by atoms with van der Waals surface area (Å²) in [5.41, 5.74) is 6.29. The molecule has 5 rings (SSSR count). The number of hydrogen-bond acceptors (Lipinski definition) is 4. The minimum atomic E-state index is -0.269. The minimum absolute atomic E-state index is 0.0275. The van der Waals surface area contributed by atoms with Crippen LogP contribution in [0.2, 0.25) is 5.02 Å². The van der Waals surface area contributed by atoms with Crippen LogP contribution in [0.4, 0.5) is 0 Å². The van der Waals surface area contributed by atoms with Gasteiger partial charge in [-0.25, -0.2) is 4.98 Å². The van der Waals surface area contributed by atoms with Gasteiger partial charge in [0.2, 0.25) is 5.91 Å². The zero-order valence-electron chi connectivity index (χ0n) is 20.5. The number of imidazole rings is 1. The molecular weight excluding hydrogens is 482 g/mol. The van der Waals surface area contributed by atoms with Crippen molar-refractivity contribution in [3.05, 3.63) is 124 Å². The normalized spacial score (nSPS) is 15.1. The van der Waals surface area contributed by atoms with E-state index in [0.717, 1.165) is 21.8 Å². The van der Waals surface area contributed by atoms with E-state index < -0.39 is 0 Å². The van der Waals surface area contributed by atoms with Crippen LogP contribution in [0, 0.1) is 11.3 Å². The molecule has 1 aliphatic rings. The second-order valence-corrected chi connectivity index (χ2v) is 9.75. The first-order valence-corrected chi connectivity index (χ1v) is 12.8. The Morgan fingerprint density at radius 2 is 1.78 bits per heavy atom. The molecule has 1 aliphatic heterocycles. The second-order valence-electron chi connectivity index (χ2n) is 9.35. The van der Waals surface area contributed by atoms with Gasteiger partial charge in [0.25, 0.3) is 0 Å². The highest BCUT2D eigenvalue weighted by atomic mass is 35.5. The van der Waals surface area contributed by atoms with E-state index in [4.69, 9.17) is 16.9 Å². The molecule has 0 fully saturated rings. The average molecular weight is 510 g/mol. The van der Waals surface area contributed by atoms with Crippen molar-refractivity contribution in [1.82, 2.24) is 19.8 Å². The van der Waals surface area contributed by atoms with Crippen LogP contribution < -0.4 is 5.32 Å². The van der Waals surface area contributed by atoms with Crippen molar-refractivity contribution in [1.29, 1.82) is 5.26 Å². The van der Waals surface area contributed by atoms with E-state index in [-0.39, 0.29) is 11.9 Å². The van der Waals surface area contributed by atoms with E-state index in [2.05, 4.69) is 38.0 Å². The Morgan fingerprint density at radius 1 is 1.03 bits per heavy atom. The topological polar surface area (TPSA) is 74.0 Å². The van der Waals surface area contributed by atoms with Crippen molar-refractivity contribution in [3.63, 3.8) is 0 Å². The number of aromatic nitrogens is 2. The van der Waals surface area contributed by atoms with Gasteiger partial charge in [-0.15, -0.1) is 0 Å². The number of hydrogen-bond donors (Lipinski definition) is 1. The average Bonchev–Trinajstić information content (AvgIpc) is 3.36. The summed E-state index contributed by atoms with van der Waals surface area (Å²) >= 11 is 6.45. The number of benzene rings is 3. The quantitative estimate of drug-likeness (QED) is 0.372. The largest absolute Gasteiger partial charge is 0.354 e. The monoisotopic (exact) mass is 509 g/mol. The second kappa shape index (κ2) is 11.4. The van der Waals surface area contributed by atoms with Crippen molar-refractivity contribution in [2.24, 2.45) is 0 Å². The Bertz CT molecular complexity index is 1420. The highest BCUT2D eigenvalue weighted by Crippen LogP contribution is 2.27. The SMILES string of the molecule is N#Cc1ccc(Cn2cncc2CCNC(=O)[C@@H]2Cc3ccccc3CN2Cc2ccccc2Cl)cc1. The van der Waals surface area contributed by atoms with E-state index in [1.165, 1.54) is 11.1 Å². The Labute approximate surface area is 222 Å². The highest BCUT2D eigenvalue weighted by molar-refractivity contribution is 6.31. The number of halogens is 1. The number of nitrogens with one attached hydrogen (secondary N) is 1. The molecule has 1 atom stereocenters. The zero-order chi connectivity index (χ0) is 25.6. The van der Waals surface area contributed by atoms with Crippen LogP contribution in [-0.2, 0) is 37.3 Å². The van der Waals surface area contributed by atoms with Crippen molar-refractivity contribution in [3.8, 4) is 6.07 Å². The number of nitrogens with zero attached hydrogens (tertiary/aromatic N) is 4. The van der Waals surface area contributed by atoms with Crippen LogP contribution in [0.1, 0.15) is 33.5 Å². The lowest BCUT2D eigenvalue weighted by molar-refractivity contribution is -0.127. The maximum Gasteiger partial charge on any atom is 0.237 e. The fourth-order valence-electron chi connectivity index (χ4n) is 4.86. The van der Waals surface area contributed by atoms with Crippen LogP contribution in [0.5, 0.6) is 0 Å². The number of fused-ring (bicyclic) bond motifs is 1. The molecule has 4 aromatic rings. The van der Waals surface area contributed by atoms with Gasteiger partial charge in [0.15, 0.2) is 0 Å². The molecule has 1 N–H and O–H groups in total. The van der Waals surface area contributed by atoms with E-state index >= 15 is 0 Å². The van der Waals surface area contributed by atoms with E-state index in [0.29, 0.717) is 44.6 Å². The predicted molar refractivity (Wildman–Crippen MR) is 144 cm³/mol. The number of amides is 1. The summed E-state index contributed by atoms with van der Waals surface area (Å²) in [6.45, 7) is 2.51. The van der Waals surface area contributed by atoms with Crippen LogP contribution >= 0.6 is 11.6 Å². The third-order valence-electron chi connectivity index (χ3n) is 6.89. The lowest BCUT2D eigenvalue weighted by Crippen LogP contribution is -2.50. The fraction of sp³-hybridized carbons (Fsp3) is 0.233. The summed E-state index contributed by atoms with van der Waals surface area (Å²) < 4.78 is 2.08. The van der Waals surface area contributed by atoms with Gasteiger partial charge in [-0.05, 0) is 46.9 Å². The van der Waals surface area contributed by atoms with Crippen molar-refractivity contribution in [2.75, 3.05) is 6.54 Å². The molecule has 6 nitrogen and oxygen atoms in total. The van der Waals surface area contributed by atoms with E-state index in [9.17, 15) is 4.79 Å². The molecule has 0 spiro atoms. The molecule has 0 unspecified atom stereocenters. The lowest BCUT2D eigenvalue weighted by Gasteiger charge is -2.36. The molecule has 37 heavy (non-hydrogen) atoms. The first-order valence-electron chi connectivity index (χ1n) is 12.4. The maximum atomic E-state index is 13.4. The third kappa shape index (κ3) is 5.91. The van der Waals surface area contributed by atoms with Gasteiger partial charge in [-0.1, -0.05) is 66.2 Å². The molecule has 2 heterocycles. The number of carbonyl (C=O) groups is 1. The van der Waals surface area contributed by atoms with E-state index in [1.54, 1.807) is 6.33 Å². The van der Waals surface area contributed by atoms with Gasteiger partial charge in [-0.3, -0.25) is 9.69 Å². The fourth-order valence-corrected chi connectivity index (χ4v) is 5.05. The lowest BCUT2D eigenvalue weighted by atomic mass is 9.93. The van der Waals surface area contributed by atoms with Gasteiger partial charge in [0.05, 0.1) is 24.0 Å². The molecule has 186 valence electrons. The number of nitriles is 1. The maximum absolute atomic E-state index is 13.4. The van der Waals surface area contributed by atoms with Crippen molar-refractivity contribution in [2.45, 2.75) is 38.5 Å². The number of carbonyl (C=O) groups excluding carboxylic acids is 1. The third-order valence-corrected chi connectivity index (χ3v) is 7.26. The minimum Gasteiger partial charge on any atom is -0.354 e. The first kappa shape index (κ1) is 24.8. The Hall–Kier alpha value is -3.92. The summed E-state index contributed by atoms with van der Waals surface area (Å²) in [5, 5.41) is 12.9. The zero-order valence-corrected chi connectivity index (χ0v) is 21.2. The van der Waals surface area contributed by atoms with Crippen molar-refractivity contribution >= 4 is 17.5 Å². The molecule has 0 saturated heterocycles.